The molecule has 0 unspecified atom stereocenters. The number of piperidine rings is 1. The first-order valence-corrected chi connectivity index (χ1v) is 8.57. The quantitative estimate of drug-likeness (QED) is 0.709. The normalized spacial score (nSPS) is 29.5. The number of unbranched alkanes of at least 4 members (excludes halogenated alkanes) is 1. The van der Waals surface area contributed by atoms with Gasteiger partial charge in [0.15, 0.2) is 0 Å². The Kier molecular flexibility index (Phi) is 6.00. The summed E-state index contributed by atoms with van der Waals surface area (Å²) in [4.78, 5) is 14.5. The summed E-state index contributed by atoms with van der Waals surface area (Å²) in [7, 11) is 0. The van der Waals surface area contributed by atoms with Crippen molar-refractivity contribution in [1.82, 2.24) is 4.90 Å². The molecule has 1 aliphatic heterocycles. The van der Waals surface area contributed by atoms with Crippen molar-refractivity contribution >= 4 is 17.5 Å². The van der Waals surface area contributed by atoms with Gasteiger partial charge in [-0.3, -0.25) is 4.79 Å². The second kappa shape index (κ2) is 7.52. The van der Waals surface area contributed by atoms with Gasteiger partial charge in [-0.25, -0.2) is 0 Å². The van der Waals surface area contributed by atoms with Crippen molar-refractivity contribution in [2.24, 2.45) is 11.8 Å². The van der Waals surface area contributed by atoms with Crippen molar-refractivity contribution in [2.75, 3.05) is 13.1 Å². The fourth-order valence-electron chi connectivity index (χ4n) is 3.52. The Morgan fingerprint density at radius 1 is 1.11 bits per heavy atom. The zero-order chi connectivity index (χ0) is 13.7. The maximum absolute atomic E-state index is 12.5. The summed E-state index contributed by atoms with van der Waals surface area (Å²) < 4.78 is 0. The van der Waals surface area contributed by atoms with E-state index in [1.54, 1.807) is 0 Å². The molecule has 0 N–H and O–H groups in total. The van der Waals surface area contributed by atoms with E-state index in [0.29, 0.717) is 11.8 Å². The van der Waals surface area contributed by atoms with Crippen LogP contribution in [0, 0.1) is 11.8 Å². The molecule has 1 saturated heterocycles. The highest BCUT2D eigenvalue weighted by molar-refractivity contribution is 6.20. The van der Waals surface area contributed by atoms with E-state index in [4.69, 9.17) is 11.6 Å². The van der Waals surface area contributed by atoms with E-state index in [0.717, 1.165) is 44.7 Å². The van der Waals surface area contributed by atoms with E-state index in [-0.39, 0.29) is 5.38 Å². The lowest BCUT2D eigenvalue weighted by Crippen LogP contribution is -2.42. The number of nitrogens with zero attached hydrogens (tertiary/aromatic N) is 1. The van der Waals surface area contributed by atoms with E-state index in [2.05, 4.69) is 11.8 Å². The zero-order valence-electron chi connectivity index (χ0n) is 12.2. The van der Waals surface area contributed by atoms with Crippen LogP contribution in [0.25, 0.3) is 0 Å². The van der Waals surface area contributed by atoms with Crippen molar-refractivity contribution < 1.29 is 4.79 Å². The van der Waals surface area contributed by atoms with Crippen LogP contribution in [0.15, 0.2) is 0 Å². The van der Waals surface area contributed by atoms with Gasteiger partial charge >= 0.3 is 0 Å². The Labute approximate surface area is 122 Å². The summed E-state index contributed by atoms with van der Waals surface area (Å²) in [5.41, 5.74) is 0. The topological polar surface area (TPSA) is 20.3 Å². The Morgan fingerprint density at radius 3 is 2.32 bits per heavy atom. The molecule has 0 aromatic heterocycles. The number of likely N-dealkylation sites (tertiary alicyclic amines) is 1. The predicted molar refractivity (Wildman–Crippen MR) is 80.4 cm³/mol. The van der Waals surface area contributed by atoms with Crippen molar-refractivity contribution in [3.8, 4) is 0 Å². The lowest BCUT2D eigenvalue weighted by atomic mass is 9.79. The molecule has 110 valence electrons. The molecule has 0 aromatic rings. The van der Waals surface area contributed by atoms with Gasteiger partial charge in [0.2, 0.25) is 5.91 Å². The lowest BCUT2D eigenvalue weighted by Gasteiger charge is -2.35. The molecule has 2 rings (SSSR count). The zero-order valence-corrected chi connectivity index (χ0v) is 13.0. The van der Waals surface area contributed by atoms with Gasteiger partial charge in [-0.05, 0) is 44.4 Å². The first kappa shape index (κ1) is 15.2. The molecule has 1 saturated carbocycles. The molecule has 0 bridgehead atoms. The summed E-state index contributed by atoms with van der Waals surface area (Å²) in [6.07, 6.45) is 10.7. The van der Waals surface area contributed by atoms with Crippen LogP contribution in [-0.4, -0.2) is 29.3 Å². The van der Waals surface area contributed by atoms with Gasteiger partial charge in [-0.1, -0.05) is 26.2 Å². The van der Waals surface area contributed by atoms with Gasteiger partial charge in [-0.15, -0.1) is 11.6 Å². The highest BCUT2D eigenvalue weighted by atomic mass is 35.5. The van der Waals surface area contributed by atoms with Gasteiger partial charge in [0, 0.05) is 24.4 Å². The Hall–Kier alpha value is -0.240. The molecular formula is C16H28ClNO. The molecule has 1 heterocycles. The Morgan fingerprint density at radius 2 is 1.74 bits per heavy atom. The summed E-state index contributed by atoms with van der Waals surface area (Å²) in [5.74, 6) is 1.61. The molecule has 2 fully saturated rings. The predicted octanol–water partition coefficient (Wildman–Crippen LogP) is 4.21. The minimum atomic E-state index is 0.286. The SMILES string of the molecule is CCCCC1CCC(C(=O)N2CCC(Cl)CC2)CC1. The number of carbonyl (C=O) groups excluding carboxylic acids is 1. The van der Waals surface area contributed by atoms with Crippen LogP contribution in [0.4, 0.5) is 0 Å². The Balaban J connectivity index is 1.73. The number of hydrogen-bond acceptors (Lipinski definition) is 1. The molecule has 1 aliphatic carbocycles. The van der Waals surface area contributed by atoms with Crippen molar-refractivity contribution in [2.45, 2.75) is 70.1 Å². The third-order valence-corrected chi connectivity index (χ3v) is 5.33. The molecule has 0 radical (unpaired) electrons. The van der Waals surface area contributed by atoms with Gasteiger partial charge in [0.1, 0.15) is 0 Å². The molecule has 19 heavy (non-hydrogen) atoms. The number of halogens is 1. The van der Waals surface area contributed by atoms with Gasteiger partial charge < -0.3 is 4.90 Å². The minimum absolute atomic E-state index is 0.286. The second-order valence-electron chi connectivity index (χ2n) is 6.36. The Bertz CT molecular complexity index is 278. The number of hydrogen-bond donors (Lipinski definition) is 0. The van der Waals surface area contributed by atoms with Crippen LogP contribution in [0.5, 0.6) is 0 Å². The van der Waals surface area contributed by atoms with Crippen LogP contribution in [0.2, 0.25) is 0 Å². The molecule has 0 spiro atoms. The lowest BCUT2D eigenvalue weighted by molar-refractivity contribution is -0.137. The summed E-state index contributed by atoms with van der Waals surface area (Å²) in [6, 6.07) is 0. The first-order valence-electron chi connectivity index (χ1n) is 8.13. The van der Waals surface area contributed by atoms with Crippen molar-refractivity contribution in [3.63, 3.8) is 0 Å². The van der Waals surface area contributed by atoms with E-state index in [9.17, 15) is 4.79 Å². The van der Waals surface area contributed by atoms with Crippen LogP contribution < -0.4 is 0 Å². The van der Waals surface area contributed by atoms with Gasteiger partial charge in [-0.2, -0.15) is 0 Å². The molecule has 0 atom stereocenters. The molecular weight excluding hydrogens is 258 g/mol. The smallest absolute Gasteiger partial charge is 0.225 e. The van der Waals surface area contributed by atoms with Crippen molar-refractivity contribution in [3.05, 3.63) is 0 Å². The summed E-state index contributed by atoms with van der Waals surface area (Å²) >= 11 is 6.10. The third-order valence-electron chi connectivity index (χ3n) is 4.90. The van der Waals surface area contributed by atoms with E-state index < -0.39 is 0 Å². The van der Waals surface area contributed by atoms with Crippen LogP contribution >= 0.6 is 11.6 Å². The van der Waals surface area contributed by atoms with Gasteiger partial charge in [0.05, 0.1) is 0 Å². The van der Waals surface area contributed by atoms with E-state index >= 15 is 0 Å². The maximum atomic E-state index is 12.5. The molecule has 1 amide bonds. The average Bonchev–Trinajstić information content (AvgIpc) is 2.46. The number of amides is 1. The highest BCUT2D eigenvalue weighted by Gasteiger charge is 2.30. The number of alkyl halides is 1. The monoisotopic (exact) mass is 285 g/mol. The van der Waals surface area contributed by atoms with Crippen LogP contribution in [0.1, 0.15) is 64.7 Å². The molecule has 2 aliphatic rings. The summed E-state index contributed by atoms with van der Waals surface area (Å²) in [5, 5.41) is 0.286. The van der Waals surface area contributed by atoms with Gasteiger partial charge in [0.25, 0.3) is 0 Å². The fourth-order valence-corrected chi connectivity index (χ4v) is 3.71. The molecule has 2 nitrogen and oxygen atoms in total. The second-order valence-corrected chi connectivity index (χ2v) is 6.98. The maximum Gasteiger partial charge on any atom is 0.225 e. The summed E-state index contributed by atoms with van der Waals surface area (Å²) in [6.45, 7) is 4.02. The van der Waals surface area contributed by atoms with Crippen molar-refractivity contribution in [1.29, 1.82) is 0 Å². The van der Waals surface area contributed by atoms with Crippen LogP contribution in [-0.2, 0) is 4.79 Å². The fraction of sp³-hybridized carbons (Fsp3) is 0.938. The van der Waals surface area contributed by atoms with E-state index in [1.807, 2.05) is 0 Å². The molecule has 0 aromatic carbocycles. The molecule has 3 heteroatoms. The minimum Gasteiger partial charge on any atom is -0.342 e. The highest BCUT2D eigenvalue weighted by Crippen LogP contribution is 2.33. The van der Waals surface area contributed by atoms with Crippen LogP contribution in [0.3, 0.4) is 0 Å². The largest absolute Gasteiger partial charge is 0.342 e. The number of rotatable bonds is 4. The average molecular weight is 286 g/mol. The standard InChI is InChI=1S/C16H28ClNO/c1-2-3-4-13-5-7-14(8-6-13)16(19)18-11-9-15(17)10-12-18/h13-15H,2-12H2,1H3. The third kappa shape index (κ3) is 4.37. The first-order chi connectivity index (χ1) is 9.20. The number of carbonyl (C=O) groups is 1. The van der Waals surface area contributed by atoms with E-state index in [1.165, 1.54) is 32.1 Å².